The molecule has 0 bridgehead atoms. The van der Waals surface area contributed by atoms with E-state index in [0.29, 0.717) is 90.8 Å². The molecule has 0 aliphatic heterocycles. The van der Waals surface area contributed by atoms with Gasteiger partial charge >= 0.3 is 12.2 Å². The number of carbonyl (C=O) groups is 3. The van der Waals surface area contributed by atoms with Gasteiger partial charge in [-0.2, -0.15) is 0 Å². The number of aliphatic hydroxyl groups is 4. The van der Waals surface area contributed by atoms with Crippen molar-refractivity contribution in [3.05, 3.63) is 186 Å². The number of aldehydes is 1. The number of halogens is 10. The number of anilines is 7. The highest BCUT2D eigenvalue weighted by Gasteiger charge is 2.37. The Kier molecular flexibility index (Phi) is 52.6. The summed E-state index contributed by atoms with van der Waals surface area (Å²) in [4.78, 5) is 64.2. The van der Waals surface area contributed by atoms with Gasteiger partial charge in [-0.05, 0) is 242 Å². The third-order valence-electron chi connectivity index (χ3n) is 16.0. The summed E-state index contributed by atoms with van der Waals surface area (Å²) in [7, 11) is -1.66. The number of nitrogens with one attached hydrogen (secondary N) is 4. The van der Waals surface area contributed by atoms with E-state index in [1.165, 1.54) is 30.0 Å². The van der Waals surface area contributed by atoms with Gasteiger partial charge in [-0.3, -0.25) is 10.6 Å². The summed E-state index contributed by atoms with van der Waals surface area (Å²) in [5.41, 5.74) is 24.8. The third kappa shape index (κ3) is 49.9. The van der Waals surface area contributed by atoms with Gasteiger partial charge in [-0.25, -0.2) is 49.5 Å². The number of nitrogens with zero attached hydrogens (tertiary/aromatic N) is 10. The van der Waals surface area contributed by atoms with Crippen molar-refractivity contribution in [3.63, 3.8) is 0 Å². The number of nitrogen functional groups attached to an aromatic ring is 3. The van der Waals surface area contributed by atoms with E-state index in [9.17, 15) is 24.6 Å². The number of pyridine rings is 8. The Labute approximate surface area is 831 Å². The van der Waals surface area contributed by atoms with Gasteiger partial charge < -0.3 is 76.1 Å². The second-order valence-corrected chi connectivity index (χ2v) is 46.1. The number of aromatic nitrogens is 10. The summed E-state index contributed by atoms with van der Waals surface area (Å²) < 4.78 is 22.7. The topological polar surface area (TPSA) is 399 Å². The maximum atomic E-state index is 11.5. The summed E-state index contributed by atoms with van der Waals surface area (Å²) >= 11 is 46.0. The number of nitrogens with two attached hydrogens (primary N) is 3. The fraction of sp³-hybridized carbons (Fsp3) is 0.433. The van der Waals surface area contributed by atoms with Crippen LogP contribution in [0.2, 0.25) is 54.2 Å². The highest BCUT2D eigenvalue weighted by Crippen LogP contribution is 2.37. The lowest BCUT2D eigenvalue weighted by Crippen LogP contribution is -2.41. The minimum Gasteiger partial charge on any atom is -0.444 e. The highest BCUT2D eigenvalue weighted by atomic mass is 127. The van der Waals surface area contributed by atoms with Crippen LogP contribution in [0.4, 0.5) is 49.5 Å². The molecule has 10 aromatic heterocycles. The molecule has 0 aromatic carbocycles. The zero-order valence-electron chi connectivity index (χ0n) is 76.8. The van der Waals surface area contributed by atoms with E-state index >= 15 is 0 Å². The Bertz CT molecular complexity index is 5090. The van der Waals surface area contributed by atoms with Crippen LogP contribution in [-0.2, 0) is 42.6 Å². The molecule has 2 amide bonds. The van der Waals surface area contributed by atoms with Crippen LogP contribution in [0.5, 0.6) is 0 Å². The molecule has 38 heteroatoms. The number of amides is 2. The molecule has 0 aliphatic carbocycles. The Hall–Kier alpha value is -7.15. The van der Waals surface area contributed by atoms with Crippen molar-refractivity contribution in [2.24, 2.45) is 10.8 Å². The van der Waals surface area contributed by atoms with Crippen molar-refractivity contribution < 1.29 is 48.7 Å². The third-order valence-corrected chi connectivity index (χ3v) is 24.7. The molecule has 702 valence electrons. The van der Waals surface area contributed by atoms with Crippen molar-refractivity contribution in [1.82, 2.24) is 49.0 Å². The van der Waals surface area contributed by atoms with Crippen LogP contribution >= 0.6 is 149 Å². The number of fused-ring (bicyclic) bond motifs is 2. The monoisotopic (exact) mass is 2260 g/mol. The summed E-state index contributed by atoms with van der Waals surface area (Å²) in [6, 6.07) is 21.5. The van der Waals surface area contributed by atoms with E-state index in [1.54, 1.807) is 121 Å². The number of carbonyl (C=O) groups excluding carboxylic acids is 3. The minimum atomic E-state index is -1.66. The Balaban J connectivity index is 0.000000720. The molecule has 10 heterocycles. The lowest BCUT2D eigenvalue weighted by atomic mass is 9.92. The van der Waals surface area contributed by atoms with Crippen LogP contribution in [0.15, 0.2) is 122 Å². The van der Waals surface area contributed by atoms with Gasteiger partial charge in [0.25, 0.3) is 0 Å². The molecule has 0 saturated heterocycles. The van der Waals surface area contributed by atoms with Crippen LogP contribution in [0.25, 0.3) is 21.8 Å². The average molecular weight is 2260 g/mol. The smallest absolute Gasteiger partial charge is 0.412 e. The molecule has 27 nitrogen and oxygen atoms in total. The van der Waals surface area contributed by atoms with Crippen molar-refractivity contribution in [2.45, 2.75) is 199 Å². The molecular formula is C90H123Cl7I3N17O10Si. The van der Waals surface area contributed by atoms with E-state index in [4.69, 9.17) is 129 Å². The fourth-order valence-corrected chi connectivity index (χ4v) is 13.3. The number of rotatable bonds is 15. The average Bonchev–Trinajstić information content (AvgIpc) is 1.63. The van der Waals surface area contributed by atoms with Crippen LogP contribution < -0.4 is 38.5 Å². The molecule has 0 saturated carbocycles. The Morgan fingerprint density at radius 1 is 0.484 bits per heavy atom. The minimum absolute atomic E-state index is 0.0284. The molecular weight excluding hydrogens is 2140 g/mol. The largest absolute Gasteiger partial charge is 0.444 e. The maximum absolute atomic E-state index is 11.5. The van der Waals surface area contributed by atoms with E-state index < -0.39 is 31.7 Å². The van der Waals surface area contributed by atoms with Gasteiger partial charge in [0.15, 0.2) is 8.32 Å². The van der Waals surface area contributed by atoms with Gasteiger partial charge in [-0.1, -0.05) is 155 Å². The van der Waals surface area contributed by atoms with E-state index in [0.717, 1.165) is 55.7 Å². The molecule has 0 radical (unpaired) electrons. The van der Waals surface area contributed by atoms with E-state index in [-0.39, 0.29) is 59.7 Å². The van der Waals surface area contributed by atoms with E-state index in [2.05, 4.69) is 243 Å². The molecule has 10 rings (SSSR count). The molecule has 14 N–H and O–H groups in total. The lowest BCUT2D eigenvalue weighted by molar-refractivity contribution is -0.109. The van der Waals surface area contributed by atoms with Gasteiger partial charge in [0, 0.05) is 80.7 Å². The van der Waals surface area contributed by atoms with Gasteiger partial charge in [-0.15, -0.1) is 12.3 Å². The quantitative estimate of drug-likeness (QED) is 0.0149. The zero-order valence-corrected chi connectivity index (χ0v) is 89.6. The molecule has 0 unspecified atom stereocenters. The van der Waals surface area contributed by atoms with E-state index in [1.807, 2.05) is 53.7 Å². The van der Waals surface area contributed by atoms with Crippen molar-refractivity contribution in [3.8, 4) is 24.2 Å². The maximum Gasteiger partial charge on any atom is 0.412 e. The van der Waals surface area contributed by atoms with Crippen LogP contribution in [0.1, 0.15) is 162 Å². The zero-order chi connectivity index (χ0) is 98.1. The number of terminal acetylenes is 1. The second-order valence-electron chi connectivity index (χ2n) is 35.1. The van der Waals surface area contributed by atoms with Crippen LogP contribution in [-0.4, -0.2) is 154 Å². The molecule has 10 aromatic rings. The predicted octanol–water partition coefficient (Wildman–Crippen LogP) is 23.0. The number of ether oxygens (including phenoxy) is 2. The first-order valence-electron chi connectivity index (χ1n) is 39.8. The molecule has 0 aliphatic rings. The van der Waals surface area contributed by atoms with Crippen molar-refractivity contribution in [2.75, 3.05) is 84.6 Å². The molecule has 0 fully saturated rings. The molecule has 0 spiro atoms. The lowest BCUT2D eigenvalue weighted by Gasteiger charge is -2.35. The first kappa shape index (κ1) is 119. The van der Waals surface area contributed by atoms with Gasteiger partial charge in [0.05, 0.1) is 133 Å². The second kappa shape index (κ2) is 56.7. The summed E-state index contributed by atoms with van der Waals surface area (Å²) in [5.74, 6) is 9.36. The van der Waals surface area contributed by atoms with Crippen LogP contribution in [0, 0.1) is 45.7 Å². The normalized spacial score (nSPS) is 11.1. The highest BCUT2D eigenvalue weighted by molar-refractivity contribution is 14.1. The standard InChI is InChI=1S/2C13H17ClN2O.C13H19N3O.C10H12ClIN2O2.C10H13ClN2O2.C8H18O2Si.C7H8ClIN2O.C6H10.C5H4ClIN2.C5H5ClN2/c1-13(2,3)11-6-9-7-12(14)15-8-10(9)16(11)4-5-17;1-13(2,3)5-4-10-8-12(14)16-9-11(10)15-6-7-17;1-13(2,3)11-6-9-7-12(14)15-8-10(9)16(11)4-5-17;1-10(2,3)16-9(15)14-7-5-13-8(11)4-6(7)12;1-10(2,3)15-9(14)13-7-4-5-8(11)12-6-7;1-8(2,3)11(4,5)10-7-6-9;8-7-3-5(9)6(4-11-7)10-1-2-12;1-5-6(2,3)4;6-5-1-3(7)4(8)2-9-5;6-5-2-1-4(7)3-8-5/h6-8,17H,4-5H2,1-3H3;8-9,15,17H,6-7H2,1-3H3;6-8,17H,4-5H2,1-3H3,(H2,14,15);4-5H,1-3H3,(H,14,15);4-6H,1-3H3,(H,13,14);6H,7H2,1-5H3;3-4,10,12H,1-2H2;1H,2-4H3;1-2H,8H2;1-3H,7H2. The summed E-state index contributed by atoms with van der Waals surface area (Å²) in [6.07, 6.45) is 17.7. The number of hydrogen-bond donors (Lipinski definition) is 11. The Morgan fingerprint density at radius 3 is 1.27 bits per heavy atom. The summed E-state index contributed by atoms with van der Waals surface area (Å²) in [5, 5.41) is 52.4. The molecule has 0 atom stereocenters. The van der Waals surface area contributed by atoms with Gasteiger partial charge in [0.2, 0.25) is 0 Å². The number of aliphatic hydroxyl groups excluding tert-OH is 4. The van der Waals surface area contributed by atoms with Crippen molar-refractivity contribution in [1.29, 1.82) is 0 Å². The number of hydrogen-bond acceptors (Lipinski definition) is 23. The summed E-state index contributed by atoms with van der Waals surface area (Å²) in [6.45, 7) is 49.5. The predicted molar refractivity (Wildman–Crippen MR) is 558 cm³/mol. The SMILES string of the molecule is C#CC(C)(C)C.CC(C)(C)C#Cc1cc(Cl)ncc1NCCO.CC(C)(C)OC(=O)Nc1ccc(Cl)nc1.CC(C)(C)OC(=O)Nc1cnc(Cl)cc1I.CC(C)(C)[Si](C)(C)OCC=O.CC(C)(C)c1cc2cc(Cl)ncc2n1CCO.CC(C)(C)c1cc2cc(N)ncc2n1CCO.Nc1ccc(Cl)nc1.Nc1cnc(Cl)cc1I.OCCNc1cnc(Cl)cc1I. The Morgan fingerprint density at radius 2 is 0.883 bits per heavy atom. The molecule has 128 heavy (non-hydrogen) atoms. The first-order chi connectivity index (χ1) is 59.0. The van der Waals surface area contributed by atoms with Crippen LogP contribution in [0.3, 0.4) is 0 Å². The van der Waals surface area contributed by atoms with Gasteiger partial charge in [0.1, 0.15) is 59.4 Å². The van der Waals surface area contributed by atoms with Crippen molar-refractivity contribution >= 4 is 238 Å². The first-order valence-corrected chi connectivity index (χ1v) is 48.5. The fourth-order valence-electron chi connectivity index (χ4n) is 9.13.